The molecule has 0 aliphatic heterocycles. The second-order valence-electron chi connectivity index (χ2n) is 4.99. The van der Waals surface area contributed by atoms with E-state index in [1.807, 2.05) is 30.5 Å². The summed E-state index contributed by atoms with van der Waals surface area (Å²) in [5.74, 6) is 0.167. The summed E-state index contributed by atoms with van der Waals surface area (Å²) >= 11 is 5.02. The van der Waals surface area contributed by atoms with Crippen molar-refractivity contribution in [2.75, 3.05) is 11.6 Å². The first-order valence-electron chi connectivity index (χ1n) is 7.16. The van der Waals surface area contributed by atoms with Crippen molar-refractivity contribution in [3.05, 3.63) is 70.0 Å². The van der Waals surface area contributed by atoms with Crippen LogP contribution in [0.3, 0.4) is 0 Å². The Labute approximate surface area is 152 Å². The summed E-state index contributed by atoms with van der Waals surface area (Å²) < 4.78 is 6.40. The first-order chi connectivity index (χ1) is 11.6. The summed E-state index contributed by atoms with van der Waals surface area (Å²) in [6.45, 7) is 0. The van der Waals surface area contributed by atoms with Crippen molar-refractivity contribution in [1.82, 2.24) is 10.2 Å². The molecule has 7 heteroatoms. The van der Waals surface area contributed by atoms with E-state index in [2.05, 4.69) is 31.4 Å². The quantitative estimate of drug-likeness (QED) is 0.639. The molecule has 2 aromatic carbocycles. The van der Waals surface area contributed by atoms with E-state index in [0.29, 0.717) is 17.9 Å². The Morgan fingerprint density at radius 3 is 2.50 bits per heavy atom. The van der Waals surface area contributed by atoms with E-state index in [-0.39, 0.29) is 11.9 Å². The second-order valence-corrected chi connectivity index (χ2v) is 6.78. The first kappa shape index (κ1) is 16.7. The number of anilines is 1. The largest absolute Gasteiger partial charge is 0.407 e. The highest BCUT2D eigenvalue weighted by Crippen LogP contribution is 2.18. The van der Waals surface area contributed by atoms with Crippen LogP contribution in [0.2, 0.25) is 0 Å². The number of halogens is 1. The maximum atomic E-state index is 12.1. The summed E-state index contributed by atoms with van der Waals surface area (Å²) in [6.07, 6.45) is 2.56. The number of hydrogen-bond acceptors (Lipinski definition) is 5. The molecule has 0 aliphatic rings. The molecule has 5 nitrogen and oxygen atoms in total. The lowest BCUT2D eigenvalue weighted by atomic mass is 10.1. The molecule has 0 atom stereocenters. The Hall–Kier alpha value is -2.12. The zero-order valence-corrected chi connectivity index (χ0v) is 15.2. The van der Waals surface area contributed by atoms with Crippen LogP contribution in [-0.2, 0) is 6.42 Å². The van der Waals surface area contributed by atoms with E-state index in [1.54, 1.807) is 36.0 Å². The topological polar surface area (TPSA) is 68.0 Å². The van der Waals surface area contributed by atoms with Crippen molar-refractivity contribution in [1.29, 1.82) is 0 Å². The molecule has 0 fully saturated rings. The van der Waals surface area contributed by atoms with E-state index in [4.69, 9.17) is 4.42 Å². The van der Waals surface area contributed by atoms with Crippen molar-refractivity contribution in [3.63, 3.8) is 0 Å². The fraction of sp³-hybridized carbons (Fsp3) is 0.118. The number of hydrogen-bond donors (Lipinski definition) is 1. The SMILES string of the molecule is CSc1ccc(Cc2nnc(NC(=O)c3ccc(Br)cc3)o2)cc1. The average Bonchev–Trinajstić information content (AvgIpc) is 3.03. The minimum atomic E-state index is -0.290. The smallest absolute Gasteiger partial charge is 0.322 e. The Morgan fingerprint density at radius 2 is 1.83 bits per heavy atom. The van der Waals surface area contributed by atoms with Crippen molar-refractivity contribution in [3.8, 4) is 0 Å². The van der Waals surface area contributed by atoms with Gasteiger partial charge in [0.25, 0.3) is 5.91 Å². The fourth-order valence-electron chi connectivity index (χ4n) is 2.06. The summed E-state index contributed by atoms with van der Waals surface area (Å²) in [5, 5.41) is 10.4. The minimum Gasteiger partial charge on any atom is -0.407 e. The summed E-state index contributed by atoms with van der Waals surface area (Å²) in [6, 6.07) is 15.3. The van der Waals surface area contributed by atoms with Crippen LogP contribution in [0.1, 0.15) is 21.8 Å². The van der Waals surface area contributed by atoms with Crippen LogP contribution in [0.25, 0.3) is 0 Å². The highest BCUT2D eigenvalue weighted by atomic mass is 79.9. The molecule has 0 unspecified atom stereocenters. The van der Waals surface area contributed by atoms with Crippen molar-refractivity contribution in [2.45, 2.75) is 11.3 Å². The van der Waals surface area contributed by atoms with Gasteiger partial charge in [0.1, 0.15) is 0 Å². The molecular formula is C17H14BrN3O2S. The summed E-state index contributed by atoms with van der Waals surface area (Å²) in [5.41, 5.74) is 1.59. The molecule has 1 aromatic heterocycles. The van der Waals surface area contributed by atoms with Gasteiger partial charge >= 0.3 is 6.01 Å². The van der Waals surface area contributed by atoms with Crippen molar-refractivity contribution >= 4 is 39.6 Å². The predicted molar refractivity (Wildman–Crippen MR) is 97.4 cm³/mol. The van der Waals surface area contributed by atoms with Gasteiger partial charge in [0.15, 0.2) is 0 Å². The highest BCUT2D eigenvalue weighted by Gasteiger charge is 2.12. The minimum absolute atomic E-state index is 0.0960. The zero-order valence-electron chi connectivity index (χ0n) is 12.8. The summed E-state index contributed by atoms with van der Waals surface area (Å²) in [7, 11) is 0. The molecule has 1 N–H and O–H groups in total. The molecule has 0 bridgehead atoms. The molecule has 0 radical (unpaired) electrons. The Morgan fingerprint density at radius 1 is 1.12 bits per heavy atom. The lowest BCUT2D eigenvalue weighted by molar-refractivity contribution is 0.102. The van der Waals surface area contributed by atoms with Gasteiger partial charge in [0.2, 0.25) is 5.89 Å². The van der Waals surface area contributed by atoms with Crippen LogP contribution in [0.5, 0.6) is 0 Å². The van der Waals surface area contributed by atoms with Crippen molar-refractivity contribution < 1.29 is 9.21 Å². The van der Waals surface area contributed by atoms with Crippen LogP contribution in [0, 0.1) is 0 Å². The van der Waals surface area contributed by atoms with Gasteiger partial charge in [-0.1, -0.05) is 33.2 Å². The number of nitrogens with one attached hydrogen (secondary N) is 1. The van der Waals surface area contributed by atoms with Crippen molar-refractivity contribution in [2.24, 2.45) is 0 Å². The van der Waals surface area contributed by atoms with E-state index < -0.39 is 0 Å². The van der Waals surface area contributed by atoms with Gasteiger partial charge in [0.05, 0.1) is 6.42 Å². The van der Waals surface area contributed by atoms with E-state index >= 15 is 0 Å². The van der Waals surface area contributed by atoms with E-state index in [9.17, 15) is 4.79 Å². The molecule has 3 rings (SSSR count). The number of amides is 1. The number of rotatable bonds is 5. The molecule has 24 heavy (non-hydrogen) atoms. The molecule has 0 saturated heterocycles. The zero-order chi connectivity index (χ0) is 16.9. The number of nitrogens with zero attached hydrogens (tertiary/aromatic N) is 2. The van der Waals surface area contributed by atoms with E-state index in [1.165, 1.54) is 4.90 Å². The first-order valence-corrected chi connectivity index (χ1v) is 9.18. The predicted octanol–water partition coefficient (Wildman–Crippen LogP) is 4.40. The van der Waals surface area contributed by atoms with Crippen LogP contribution in [0.4, 0.5) is 6.01 Å². The molecule has 0 aliphatic carbocycles. The maximum absolute atomic E-state index is 12.1. The van der Waals surface area contributed by atoms with Gasteiger partial charge in [-0.2, -0.15) is 0 Å². The highest BCUT2D eigenvalue weighted by molar-refractivity contribution is 9.10. The molecule has 122 valence electrons. The van der Waals surface area contributed by atoms with Gasteiger partial charge in [-0.05, 0) is 48.2 Å². The van der Waals surface area contributed by atoms with Gasteiger partial charge < -0.3 is 4.42 Å². The molecule has 1 heterocycles. The number of carbonyl (C=O) groups is 1. The molecule has 1 amide bonds. The lowest BCUT2D eigenvalue weighted by Crippen LogP contribution is -2.11. The third-order valence-corrected chi connectivity index (χ3v) is 4.58. The summed E-state index contributed by atoms with van der Waals surface area (Å²) in [4.78, 5) is 13.3. The third kappa shape index (κ3) is 4.24. The Kier molecular flexibility index (Phi) is 5.32. The monoisotopic (exact) mass is 403 g/mol. The van der Waals surface area contributed by atoms with Gasteiger partial charge in [-0.25, -0.2) is 0 Å². The third-order valence-electron chi connectivity index (χ3n) is 3.31. The molecule has 0 saturated carbocycles. The Balaban J connectivity index is 1.64. The maximum Gasteiger partial charge on any atom is 0.322 e. The van der Waals surface area contributed by atoms with Gasteiger partial charge in [0, 0.05) is 14.9 Å². The van der Waals surface area contributed by atoms with Crippen LogP contribution < -0.4 is 5.32 Å². The normalized spacial score (nSPS) is 10.6. The van der Waals surface area contributed by atoms with Gasteiger partial charge in [-0.15, -0.1) is 16.9 Å². The standard InChI is InChI=1S/C17H14BrN3O2S/c1-24-14-8-2-11(3-9-14)10-15-20-21-17(23-15)19-16(22)12-4-6-13(18)7-5-12/h2-9H,10H2,1H3,(H,19,21,22). The molecule has 0 spiro atoms. The number of benzene rings is 2. The van der Waals surface area contributed by atoms with Crippen LogP contribution in [0.15, 0.2) is 62.3 Å². The fourth-order valence-corrected chi connectivity index (χ4v) is 2.74. The number of thioether (sulfide) groups is 1. The average molecular weight is 404 g/mol. The molecule has 3 aromatic rings. The van der Waals surface area contributed by atoms with Crippen LogP contribution in [-0.4, -0.2) is 22.4 Å². The Bertz CT molecular complexity index is 832. The van der Waals surface area contributed by atoms with E-state index in [0.717, 1.165) is 10.0 Å². The molecular weight excluding hydrogens is 390 g/mol. The number of carbonyl (C=O) groups excluding carboxylic acids is 1. The van der Waals surface area contributed by atoms with Crippen LogP contribution >= 0.6 is 27.7 Å². The number of aromatic nitrogens is 2. The lowest BCUT2D eigenvalue weighted by Gasteiger charge is -2.01. The van der Waals surface area contributed by atoms with Gasteiger partial charge in [-0.3, -0.25) is 10.1 Å². The second kappa shape index (κ2) is 7.63.